The zero-order valence-corrected chi connectivity index (χ0v) is 15.3. The lowest BCUT2D eigenvalue weighted by Crippen LogP contribution is -2.37. The van der Waals surface area contributed by atoms with E-state index >= 15 is 0 Å². The highest BCUT2D eigenvalue weighted by Crippen LogP contribution is 2.19. The highest BCUT2D eigenvalue weighted by Gasteiger charge is 2.23. The van der Waals surface area contributed by atoms with Crippen LogP contribution in [0.25, 0.3) is 0 Å². The van der Waals surface area contributed by atoms with E-state index in [1.165, 1.54) is 0 Å². The summed E-state index contributed by atoms with van der Waals surface area (Å²) in [7, 11) is 1.87. The van der Waals surface area contributed by atoms with Crippen molar-refractivity contribution in [3.8, 4) is 0 Å². The molecular formula is C17H21BrN4O2. The molecule has 0 bridgehead atoms. The van der Waals surface area contributed by atoms with Crippen LogP contribution in [0.2, 0.25) is 0 Å². The quantitative estimate of drug-likeness (QED) is 0.733. The zero-order valence-electron chi connectivity index (χ0n) is 13.7. The van der Waals surface area contributed by atoms with Crippen molar-refractivity contribution in [3.63, 3.8) is 0 Å². The van der Waals surface area contributed by atoms with E-state index in [9.17, 15) is 4.79 Å². The predicted octanol–water partition coefficient (Wildman–Crippen LogP) is 2.65. The van der Waals surface area contributed by atoms with Crippen LogP contribution in [-0.4, -0.2) is 45.1 Å². The van der Waals surface area contributed by atoms with E-state index in [1.54, 1.807) is 23.3 Å². The van der Waals surface area contributed by atoms with Gasteiger partial charge in [0.25, 0.3) is 5.91 Å². The van der Waals surface area contributed by atoms with E-state index in [0.29, 0.717) is 18.2 Å². The Morgan fingerprint density at radius 2 is 2.21 bits per heavy atom. The van der Waals surface area contributed by atoms with Crippen molar-refractivity contribution < 1.29 is 9.53 Å². The van der Waals surface area contributed by atoms with E-state index in [0.717, 1.165) is 42.8 Å². The third-order valence-corrected chi connectivity index (χ3v) is 4.63. The van der Waals surface area contributed by atoms with Gasteiger partial charge in [0.15, 0.2) is 0 Å². The van der Waals surface area contributed by atoms with Gasteiger partial charge in [0.2, 0.25) is 0 Å². The van der Waals surface area contributed by atoms with Crippen LogP contribution < -0.4 is 0 Å². The molecule has 7 heteroatoms. The number of nitrogens with zero attached hydrogens (tertiary/aromatic N) is 4. The molecule has 0 aliphatic carbocycles. The van der Waals surface area contributed by atoms with Crippen molar-refractivity contribution in [2.75, 3.05) is 19.8 Å². The van der Waals surface area contributed by atoms with Crippen molar-refractivity contribution in [3.05, 3.63) is 46.7 Å². The average Bonchev–Trinajstić information content (AvgIpc) is 3.01. The normalized spacial score (nSPS) is 15.4. The van der Waals surface area contributed by atoms with E-state index in [-0.39, 0.29) is 5.91 Å². The second-order valence-corrected chi connectivity index (χ2v) is 6.97. The van der Waals surface area contributed by atoms with Gasteiger partial charge in [0.05, 0.1) is 6.33 Å². The largest absolute Gasteiger partial charge is 0.381 e. The number of hydrogen-bond donors (Lipinski definition) is 0. The van der Waals surface area contributed by atoms with Gasteiger partial charge in [-0.3, -0.25) is 4.79 Å². The standard InChI is InChI=1S/C17H21BrN4O2/c1-21-11-15(20-12-21)17(23)22(9-13-3-6-24-7-4-13)10-14-2-5-19-16(18)8-14/h2,5,8,11-13H,3-4,6-7,9-10H2,1H3. The summed E-state index contributed by atoms with van der Waals surface area (Å²) in [6.07, 6.45) is 7.15. The van der Waals surface area contributed by atoms with Gasteiger partial charge in [-0.05, 0) is 52.4 Å². The second-order valence-electron chi connectivity index (χ2n) is 6.15. The fourth-order valence-electron chi connectivity index (χ4n) is 2.91. The molecule has 24 heavy (non-hydrogen) atoms. The predicted molar refractivity (Wildman–Crippen MR) is 93.4 cm³/mol. The van der Waals surface area contributed by atoms with Gasteiger partial charge in [-0.25, -0.2) is 9.97 Å². The molecule has 0 N–H and O–H groups in total. The number of hydrogen-bond acceptors (Lipinski definition) is 4. The first kappa shape index (κ1) is 17.1. The van der Waals surface area contributed by atoms with Crippen molar-refractivity contribution in [2.24, 2.45) is 13.0 Å². The van der Waals surface area contributed by atoms with E-state index in [4.69, 9.17) is 4.74 Å². The van der Waals surface area contributed by atoms with Gasteiger partial charge < -0.3 is 14.2 Å². The zero-order chi connectivity index (χ0) is 16.9. The third kappa shape index (κ3) is 4.42. The van der Waals surface area contributed by atoms with E-state index in [2.05, 4.69) is 25.9 Å². The van der Waals surface area contributed by atoms with Gasteiger partial charge in [-0.2, -0.15) is 0 Å². The molecule has 0 unspecified atom stereocenters. The third-order valence-electron chi connectivity index (χ3n) is 4.20. The number of carbonyl (C=O) groups is 1. The fraction of sp³-hybridized carbons (Fsp3) is 0.471. The molecule has 2 aromatic rings. The van der Waals surface area contributed by atoms with Gasteiger partial charge in [0.1, 0.15) is 10.3 Å². The van der Waals surface area contributed by atoms with Crippen LogP contribution in [-0.2, 0) is 18.3 Å². The summed E-state index contributed by atoms with van der Waals surface area (Å²) < 4.78 is 8.00. The lowest BCUT2D eigenvalue weighted by atomic mass is 9.99. The molecule has 1 fully saturated rings. The Labute approximate surface area is 150 Å². The second kappa shape index (κ2) is 7.90. The van der Waals surface area contributed by atoms with Gasteiger partial charge in [0, 0.05) is 45.7 Å². The maximum absolute atomic E-state index is 12.9. The molecule has 1 saturated heterocycles. The number of ether oxygens (including phenoxy) is 1. The molecule has 2 aromatic heterocycles. The molecular weight excluding hydrogens is 372 g/mol. The Morgan fingerprint density at radius 3 is 2.88 bits per heavy atom. The van der Waals surface area contributed by atoms with Crippen molar-refractivity contribution in [1.29, 1.82) is 0 Å². The highest BCUT2D eigenvalue weighted by molar-refractivity contribution is 9.10. The average molecular weight is 393 g/mol. The number of carbonyl (C=O) groups excluding carboxylic acids is 1. The maximum Gasteiger partial charge on any atom is 0.274 e. The Balaban J connectivity index is 1.78. The first-order chi connectivity index (χ1) is 11.6. The lowest BCUT2D eigenvalue weighted by Gasteiger charge is -2.29. The number of amides is 1. The summed E-state index contributed by atoms with van der Waals surface area (Å²) in [6, 6.07) is 3.89. The summed E-state index contributed by atoms with van der Waals surface area (Å²) in [5.74, 6) is 0.437. The molecule has 0 aromatic carbocycles. The Hall–Kier alpha value is -1.73. The van der Waals surface area contributed by atoms with Crippen LogP contribution >= 0.6 is 15.9 Å². The van der Waals surface area contributed by atoms with Crippen LogP contribution in [0.5, 0.6) is 0 Å². The molecule has 6 nitrogen and oxygen atoms in total. The van der Waals surface area contributed by atoms with Crippen LogP contribution in [0.15, 0.2) is 35.5 Å². The van der Waals surface area contributed by atoms with Crippen LogP contribution in [0.1, 0.15) is 28.9 Å². The maximum atomic E-state index is 12.9. The number of aryl methyl sites for hydroxylation is 1. The summed E-state index contributed by atoms with van der Waals surface area (Å²) in [6.45, 7) is 2.82. The van der Waals surface area contributed by atoms with Crippen molar-refractivity contribution >= 4 is 21.8 Å². The molecule has 1 aliphatic heterocycles. The Morgan fingerprint density at radius 1 is 1.42 bits per heavy atom. The first-order valence-electron chi connectivity index (χ1n) is 8.07. The topological polar surface area (TPSA) is 60.2 Å². The van der Waals surface area contributed by atoms with E-state index < -0.39 is 0 Å². The smallest absolute Gasteiger partial charge is 0.274 e. The molecule has 0 saturated carbocycles. The minimum atomic E-state index is -0.0324. The number of rotatable bonds is 5. The molecule has 128 valence electrons. The fourth-order valence-corrected chi connectivity index (χ4v) is 3.32. The van der Waals surface area contributed by atoms with Gasteiger partial charge in [-0.1, -0.05) is 0 Å². The van der Waals surface area contributed by atoms with Crippen LogP contribution in [0.3, 0.4) is 0 Å². The van der Waals surface area contributed by atoms with E-state index in [1.807, 2.05) is 24.1 Å². The molecule has 3 heterocycles. The van der Waals surface area contributed by atoms with Crippen LogP contribution in [0.4, 0.5) is 0 Å². The van der Waals surface area contributed by atoms with Crippen molar-refractivity contribution in [2.45, 2.75) is 19.4 Å². The van der Waals surface area contributed by atoms with Gasteiger partial charge >= 0.3 is 0 Å². The monoisotopic (exact) mass is 392 g/mol. The summed E-state index contributed by atoms with van der Waals surface area (Å²) in [4.78, 5) is 23.2. The van der Waals surface area contributed by atoms with Crippen LogP contribution in [0, 0.1) is 5.92 Å². The first-order valence-corrected chi connectivity index (χ1v) is 8.86. The lowest BCUT2D eigenvalue weighted by molar-refractivity contribution is 0.0443. The number of aromatic nitrogens is 3. The molecule has 1 aliphatic rings. The molecule has 0 radical (unpaired) electrons. The summed E-state index contributed by atoms with van der Waals surface area (Å²) >= 11 is 3.39. The highest BCUT2D eigenvalue weighted by atomic mass is 79.9. The molecule has 3 rings (SSSR count). The molecule has 1 amide bonds. The van der Waals surface area contributed by atoms with Crippen molar-refractivity contribution in [1.82, 2.24) is 19.4 Å². The number of pyridine rings is 1. The minimum Gasteiger partial charge on any atom is -0.381 e. The number of imidazole rings is 1. The summed E-state index contributed by atoms with van der Waals surface area (Å²) in [5, 5.41) is 0. The Bertz CT molecular complexity index is 697. The molecule has 0 atom stereocenters. The molecule has 0 spiro atoms. The Kier molecular flexibility index (Phi) is 5.63. The summed E-state index contributed by atoms with van der Waals surface area (Å²) in [5.41, 5.74) is 1.53. The number of halogens is 1. The minimum absolute atomic E-state index is 0.0324. The SMILES string of the molecule is Cn1cnc(C(=O)N(Cc2ccnc(Br)c2)CC2CCOCC2)c1. The van der Waals surface area contributed by atoms with Gasteiger partial charge in [-0.15, -0.1) is 0 Å².